The predicted molar refractivity (Wildman–Crippen MR) is 77.0 cm³/mol. The summed E-state index contributed by atoms with van der Waals surface area (Å²) in [6, 6.07) is 2.91. The van der Waals surface area contributed by atoms with Crippen LogP contribution in [0.25, 0.3) is 16.3 Å². The highest BCUT2D eigenvalue weighted by molar-refractivity contribution is 7.19. The van der Waals surface area contributed by atoms with E-state index < -0.39 is 0 Å². The Morgan fingerprint density at radius 1 is 1.43 bits per heavy atom. The van der Waals surface area contributed by atoms with Crippen LogP contribution in [0, 0.1) is 12.7 Å². The molecule has 3 heterocycles. The number of aryl methyl sites for hydroxylation is 1. The molecule has 5 nitrogen and oxygen atoms in total. The number of thiazole rings is 1. The third-order valence-electron chi connectivity index (χ3n) is 3.01. The van der Waals surface area contributed by atoms with Gasteiger partial charge in [-0.3, -0.25) is 9.38 Å². The summed E-state index contributed by atoms with van der Waals surface area (Å²) in [7, 11) is 0. The van der Waals surface area contributed by atoms with Gasteiger partial charge in [0.2, 0.25) is 0 Å². The Bertz CT molecular complexity index is 808. The van der Waals surface area contributed by atoms with Crippen molar-refractivity contribution in [3.8, 4) is 11.4 Å². The topological polar surface area (TPSA) is 56.5 Å². The molecule has 0 aliphatic heterocycles. The van der Waals surface area contributed by atoms with Gasteiger partial charge in [-0.1, -0.05) is 11.3 Å². The van der Waals surface area contributed by atoms with Gasteiger partial charge >= 0.3 is 5.97 Å². The molecule has 3 rings (SSSR count). The Balaban J connectivity index is 2.02. The summed E-state index contributed by atoms with van der Waals surface area (Å²) in [5.74, 6) is -0.729. The van der Waals surface area contributed by atoms with Gasteiger partial charge in [0.1, 0.15) is 16.4 Å². The van der Waals surface area contributed by atoms with E-state index in [0.717, 1.165) is 11.9 Å². The van der Waals surface area contributed by atoms with Gasteiger partial charge in [-0.25, -0.2) is 14.2 Å². The summed E-state index contributed by atoms with van der Waals surface area (Å²) in [5.41, 5.74) is 2.00. The van der Waals surface area contributed by atoms with Crippen LogP contribution in [-0.4, -0.2) is 26.9 Å². The second-order valence-corrected chi connectivity index (χ2v) is 5.35. The predicted octanol–water partition coefficient (Wildman–Crippen LogP) is 3.08. The van der Waals surface area contributed by atoms with Gasteiger partial charge in [0.15, 0.2) is 4.96 Å². The molecule has 0 spiro atoms. The Hall–Kier alpha value is -2.28. The van der Waals surface area contributed by atoms with Crippen LogP contribution < -0.4 is 0 Å². The highest BCUT2D eigenvalue weighted by Gasteiger charge is 2.19. The highest BCUT2D eigenvalue weighted by atomic mass is 32.1. The SMILES string of the molecule is CCOC(=O)c1sc2nc(-c3ccc(F)cn3)cn2c1C. The molecule has 0 fully saturated rings. The van der Waals surface area contributed by atoms with Crippen LogP contribution in [0.5, 0.6) is 0 Å². The molecule has 0 radical (unpaired) electrons. The number of halogens is 1. The maximum Gasteiger partial charge on any atom is 0.350 e. The van der Waals surface area contributed by atoms with Crippen LogP contribution in [0.1, 0.15) is 22.3 Å². The number of aromatic nitrogens is 3. The molecular formula is C14H12FN3O2S. The third kappa shape index (κ3) is 2.40. The lowest BCUT2D eigenvalue weighted by Crippen LogP contribution is -2.04. The molecule has 0 atom stereocenters. The smallest absolute Gasteiger partial charge is 0.350 e. The number of carbonyl (C=O) groups is 1. The maximum absolute atomic E-state index is 12.9. The minimum absolute atomic E-state index is 0.337. The van der Waals surface area contributed by atoms with Gasteiger partial charge in [0.05, 0.1) is 18.5 Å². The lowest BCUT2D eigenvalue weighted by molar-refractivity contribution is 0.0531. The van der Waals surface area contributed by atoms with Crippen LogP contribution in [0.4, 0.5) is 4.39 Å². The van der Waals surface area contributed by atoms with Crippen molar-refractivity contribution < 1.29 is 13.9 Å². The summed E-state index contributed by atoms with van der Waals surface area (Å²) in [4.78, 5) is 21.5. The fraction of sp³-hybridized carbons (Fsp3) is 0.214. The first kappa shape index (κ1) is 13.7. The van der Waals surface area contributed by atoms with Gasteiger partial charge in [0.25, 0.3) is 0 Å². The number of hydrogen-bond donors (Lipinski definition) is 0. The third-order valence-corrected chi connectivity index (χ3v) is 4.14. The molecule has 0 saturated carbocycles. The van der Waals surface area contributed by atoms with Crippen LogP contribution >= 0.6 is 11.3 Å². The quantitative estimate of drug-likeness (QED) is 0.698. The standard InChI is InChI=1S/C14H12FN3O2S/c1-3-20-13(19)12-8(2)18-7-11(17-14(18)21-12)10-5-4-9(15)6-16-10/h4-7H,3H2,1-2H3. The van der Waals surface area contributed by atoms with E-state index in [1.165, 1.54) is 17.4 Å². The highest BCUT2D eigenvalue weighted by Crippen LogP contribution is 2.26. The molecule has 21 heavy (non-hydrogen) atoms. The summed E-state index contributed by atoms with van der Waals surface area (Å²) >= 11 is 1.27. The van der Waals surface area contributed by atoms with E-state index in [2.05, 4.69) is 9.97 Å². The van der Waals surface area contributed by atoms with E-state index in [4.69, 9.17) is 4.74 Å². The van der Waals surface area contributed by atoms with Crippen molar-refractivity contribution in [2.75, 3.05) is 6.61 Å². The Morgan fingerprint density at radius 2 is 2.24 bits per heavy atom. The van der Waals surface area contributed by atoms with Gasteiger partial charge in [-0.2, -0.15) is 0 Å². The van der Waals surface area contributed by atoms with E-state index in [0.29, 0.717) is 27.8 Å². The van der Waals surface area contributed by atoms with Crippen molar-refractivity contribution in [3.05, 3.63) is 40.9 Å². The molecule has 3 aromatic heterocycles. The van der Waals surface area contributed by atoms with Crippen molar-refractivity contribution in [1.82, 2.24) is 14.4 Å². The van der Waals surface area contributed by atoms with Crippen molar-refractivity contribution in [2.45, 2.75) is 13.8 Å². The molecule has 0 unspecified atom stereocenters. The average molecular weight is 305 g/mol. The van der Waals surface area contributed by atoms with Crippen LogP contribution in [0.3, 0.4) is 0 Å². The molecule has 0 amide bonds. The Kier molecular flexibility index (Phi) is 3.42. The van der Waals surface area contributed by atoms with Crippen LogP contribution in [0.2, 0.25) is 0 Å². The fourth-order valence-electron chi connectivity index (χ4n) is 1.99. The lowest BCUT2D eigenvalue weighted by atomic mass is 10.3. The number of imidazole rings is 1. The lowest BCUT2D eigenvalue weighted by Gasteiger charge is -1.99. The van der Waals surface area contributed by atoms with Gasteiger partial charge in [0, 0.05) is 11.9 Å². The number of esters is 1. The second kappa shape index (κ2) is 5.25. The van der Waals surface area contributed by atoms with E-state index in [-0.39, 0.29) is 11.8 Å². The normalized spacial score (nSPS) is 11.0. The van der Waals surface area contributed by atoms with Crippen molar-refractivity contribution in [3.63, 3.8) is 0 Å². The van der Waals surface area contributed by atoms with Crippen molar-refractivity contribution in [1.29, 1.82) is 0 Å². The Labute approximate surface area is 124 Å². The van der Waals surface area contributed by atoms with Crippen LogP contribution in [-0.2, 0) is 4.74 Å². The molecule has 0 saturated heterocycles. The first-order valence-corrected chi connectivity index (χ1v) is 7.19. The minimum atomic E-state index is -0.388. The summed E-state index contributed by atoms with van der Waals surface area (Å²) in [6.07, 6.45) is 2.93. The van der Waals surface area contributed by atoms with Gasteiger partial charge in [-0.15, -0.1) is 0 Å². The first-order valence-electron chi connectivity index (χ1n) is 6.37. The molecule has 3 aromatic rings. The number of hydrogen-bond acceptors (Lipinski definition) is 5. The molecular weight excluding hydrogens is 293 g/mol. The number of pyridine rings is 1. The van der Waals surface area contributed by atoms with E-state index in [1.54, 1.807) is 19.2 Å². The van der Waals surface area contributed by atoms with Crippen molar-refractivity contribution in [2.24, 2.45) is 0 Å². The molecule has 0 aliphatic rings. The first-order chi connectivity index (χ1) is 10.1. The van der Waals surface area contributed by atoms with Crippen LogP contribution in [0.15, 0.2) is 24.5 Å². The van der Waals surface area contributed by atoms with E-state index >= 15 is 0 Å². The molecule has 0 bridgehead atoms. The summed E-state index contributed by atoms with van der Waals surface area (Å²) in [6.45, 7) is 3.94. The summed E-state index contributed by atoms with van der Waals surface area (Å²) < 4.78 is 19.7. The average Bonchev–Trinajstić information content (AvgIpc) is 3.00. The summed E-state index contributed by atoms with van der Waals surface area (Å²) in [5, 5.41) is 0. The van der Waals surface area contributed by atoms with E-state index in [9.17, 15) is 9.18 Å². The fourth-order valence-corrected chi connectivity index (χ4v) is 2.99. The number of fused-ring (bicyclic) bond motifs is 1. The monoisotopic (exact) mass is 305 g/mol. The molecule has 0 aliphatic carbocycles. The molecule has 108 valence electrons. The number of nitrogens with zero attached hydrogens (tertiary/aromatic N) is 3. The van der Waals surface area contributed by atoms with E-state index in [1.807, 2.05) is 11.3 Å². The molecule has 0 aromatic carbocycles. The van der Waals surface area contributed by atoms with Gasteiger partial charge < -0.3 is 4.74 Å². The van der Waals surface area contributed by atoms with Gasteiger partial charge in [-0.05, 0) is 26.0 Å². The number of ether oxygens (including phenoxy) is 1. The zero-order valence-electron chi connectivity index (χ0n) is 11.5. The largest absolute Gasteiger partial charge is 0.462 e. The number of rotatable bonds is 3. The number of carbonyl (C=O) groups excluding carboxylic acids is 1. The molecule has 7 heteroatoms. The molecule has 0 N–H and O–H groups in total. The Morgan fingerprint density at radius 3 is 2.86 bits per heavy atom. The van der Waals surface area contributed by atoms with Crippen molar-refractivity contribution >= 4 is 22.3 Å². The zero-order valence-corrected chi connectivity index (χ0v) is 12.3. The maximum atomic E-state index is 12.9. The zero-order chi connectivity index (χ0) is 15.0. The minimum Gasteiger partial charge on any atom is -0.462 e. The second-order valence-electron chi connectivity index (χ2n) is 4.38.